The third-order valence-electron chi connectivity index (χ3n) is 2.24. The minimum Gasteiger partial charge on any atom is -0.317 e. The van der Waals surface area contributed by atoms with E-state index in [2.05, 4.69) is 37.6 Å². The SMILES string of the molecule is CC1[CH-]Cc2ccccc21.[Y]. The third kappa shape index (κ3) is 1.73. The minimum absolute atomic E-state index is 0. The maximum absolute atomic E-state index is 2.37. The van der Waals surface area contributed by atoms with Crippen molar-refractivity contribution >= 4 is 0 Å². The van der Waals surface area contributed by atoms with Crippen molar-refractivity contribution in [3.8, 4) is 0 Å². The molecule has 0 bridgehead atoms. The molecule has 0 amide bonds. The molecule has 0 spiro atoms. The molecular weight excluding hydrogens is 209 g/mol. The molecule has 2 rings (SSSR count). The van der Waals surface area contributed by atoms with Gasteiger partial charge in [0.15, 0.2) is 0 Å². The second-order valence-corrected chi connectivity index (χ2v) is 2.93. The van der Waals surface area contributed by atoms with Crippen LogP contribution in [0.4, 0.5) is 0 Å². The van der Waals surface area contributed by atoms with Gasteiger partial charge in [-0.1, -0.05) is 42.3 Å². The van der Waals surface area contributed by atoms with Gasteiger partial charge in [0.2, 0.25) is 0 Å². The smallest absolute Gasteiger partial charge is 0 e. The van der Waals surface area contributed by atoms with Gasteiger partial charge in [-0.05, 0) is 0 Å². The third-order valence-corrected chi connectivity index (χ3v) is 2.24. The molecule has 0 saturated carbocycles. The van der Waals surface area contributed by atoms with E-state index in [0.29, 0.717) is 5.92 Å². The van der Waals surface area contributed by atoms with Crippen LogP contribution in [0.25, 0.3) is 0 Å². The van der Waals surface area contributed by atoms with Crippen LogP contribution >= 0.6 is 0 Å². The second-order valence-electron chi connectivity index (χ2n) is 2.93. The first-order valence-corrected chi connectivity index (χ1v) is 3.79. The van der Waals surface area contributed by atoms with Crippen molar-refractivity contribution in [2.75, 3.05) is 0 Å². The van der Waals surface area contributed by atoms with Crippen molar-refractivity contribution in [1.29, 1.82) is 0 Å². The van der Waals surface area contributed by atoms with Crippen molar-refractivity contribution < 1.29 is 32.7 Å². The number of benzene rings is 1. The maximum atomic E-state index is 2.37. The molecule has 0 aromatic heterocycles. The minimum atomic E-state index is 0. The van der Waals surface area contributed by atoms with Crippen LogP contribution in [0.3, 0.4) is 0 Å². The Bertz CT molecular complexity index is 242. The van der Waals surface area contributed by atoms with Crippen LogP contribution in [-0.2, 0) is 39.1 Å². The van der Waals surface area contributed by atoms with Crippen molar-refractivity contribution in [3.63, 3.8) is 0 Å². The first-order valence-electron chi connectivity index (χ1n) is 3.79. The van der Waals surface area contributed by atoms with E-state index in [1.165, 1.54) is 11.1 Å². The number of hydrogen-bond donors (Lipinski definition) is 0. The standard InChI is InChI=1S/C10H11.Y/c1-8-6-7-9-4-2-3-5-10(8)9;/h2-6,8H,7H2,1H3;/q-1;. The Balaban J connectivity index is 0.000000605. The maximum Gasteiger partial charge on any atom is 0 e. The van der Waals surface area contributed by atoms with Crippen LogP contribution in [0.1, 0.15) is 24.0 Å². The molecule has 1 unspecified atom stereocenters. The van der Waals surface area contributed by atoms with E-state index >= 15 is 0 Å². The first-order chi connectivity index (χ1) is 4.88. The van der Waals surface area contributed by atoms with E-state index < -0.39 is 0 Å². The molecule has 1 heteroatoms. The van der Waals surface area contributed by atoms with E-state index in [-0.39, 0.29) is 32.7 Å². The molecule has 0 nitrogen and oxygen atoms in total. The number of hydrogen-bond acceptors (Lipinski definition) is 0. The van der Waals surface area contributed by atoms with Gasteiger partial charge in [-0.3, -0.25) is 0 Å². The van der Waals surface area contributed by atoms with Gasteiger partial charge in [-0.2, -0.15) is 6.42 Å². The summed E-state index contributed by atoms with van der Waals surface area (Å²) in [5.74, 6) is 0.677. The van der Waals surface area contributed by atoms with Gasteiger partial charge in [-0.15, -0.1) is 5.92 Å². The Hall–Kier alpha value is 0.324. The van der Waals surface area contributed by atoms with E-state index in [9.17, 15) is 0 Å². The Morgan fingerprint density at radius 2 is 2.09 bits per heavy atom. The molecule has 0 fully saturated rings. The molecule has 0 saturated heterocycles. The monoisotopic (exact) mass is 220 g/mol. The summed E-state index contributed by atoms with van der Waals surface area (Å²) in [6, 6.07) is 8.68. The quantitative estimate of drug-likeness (QED) is 0.589. The molecular formula is C10H11Y-. The molecule has 1 radical (unpaired) electrons. The van der Waals surface area contributed by atoms with Crippen molar-refractivity contribution in [3.05, 3.63) is 41.8 Å². The molecule has 0 heterocycles. The van der Waals surface area contributed by atoms with Gasteiger partial charge in [0, 0.05) is 32.7 Å². The zero-order valence-corrected chi connectivity index (χ0v) is 9.59. The van der Waals surface area contributed by atoms with Crippen molar-refractivity contribution in [2.24, 2.45) is 0 Å². The van der Waals surface area contributed by atoms with E-state index in [4.69, 9.17) is 0 Å². The summed E-state index contributed by atoms with van der Waals surface area (Å²) in [6.07, 6.45) is 3.53. The second kappa shape index (κ2) is 3.82. The molecule has 0 N–H and O–H groups in total. The Labute approximate surface area is 93.3 Å². The summed E-state index contributed by atoms with van der Waals surface area (Å²) in [4.78, 5) is 0. The summed E-state index contributed by atoms with van der Waals surface area (Å²) in [6.45, 7) is 2.26. The summed E-state index contributed by atoms with van der Waals surface area (Å²) in [7, 11) is 0. The van der Waals surface area contributed by atoms with Gasteiger partial charge >= 0.3 is 0 Å². The zero-order chi connectivity index (χ0) is 6.97. The fourth-order valence-corrected chi connectivity index (χ4v) is 1.60. The summed E-state index contributed by atoms with van der Waals surface area (Å²) in [5, 5.41) is 0. The Morgan fingerprint density at radius 3 is 2.82 bits per heavy atom. The molecule has 1 atom stereocenters. The first kappa shape index (κ1) is 9.41. The van der Waals surface area contributed by atoms with Crippen LogP contribution in [-0.4, -0.2) is 0 Å². The molecule has 1 aromatic carbocycles. The molecule has 0 aliphatic heterocycles. The number of rotatable bonds is 0. The molecule has 11 heavy (non-hydrogen) atoms. The predicted octanol–water partition coefficient (Wildman–Crippen LogP) is 2.55. The Kier molecular flexibility index (Phi) is 3.27. The van der Waals surface area contributed by atoms with Crippen LogP contribution < -0.4 is 0 Å². The van der Waals surface area contributed by atoms with E-state index in [1.54, 1.807) is 0 Å². The number of fused-ring (bicyclic) bond motifs is 1. The normalized spacial score (nSPS) is 20.6. The van der Waals surface area contributed by atoms with E-state index in [0.717, 1.165) is 6.42 Å². The molecule has 1 aliphatic rings. The van der Waals surface area contributed by atoms with Crippen LogP contribution in [0.2, 0.25) is 0 Å². The predicted molar refractivity (Wildman–Crippen MR) is 42.9 cm³/mol. The summed E-state index contributed by atoms with van der Waals surface area (Å²) in [5.41, 5.74) is 3.03. The van der Waals surface area contributed by atoms with E-state index in [1.807, 2.05) is 0 Å². The Morgan fingerprint density at radius 1 is 1.36 bits per heavy atom. The molecule has 1 aliphatic carbocycles. The largest absolute Gasteiger partial charge is 0.317 e. The van der Waals surface area contributed by atoms with Crippen LogP contribution in [0.15, 0.2) is 24.3 Å². The summed E-state index contributed by atoms with van der Waals surface area (Å²) >= 11 is 0. The fraction of sp³-hybridized carbons (Fsp3) is 0.300. The van der Waals surface area contributed by atoms with Crippen LogP contribution in [0, 0.1) is 6.42 Å². The van der Waals surface area contributed by atoms with Gasteiger partial charge in [-0.25, -0.2) is 0 Å². The molecule has 1 aromatic rings. The average Bonchev–Trinajstić information content (AvgIpc) is 2.34. The van der Waals surface area contributed by atoms with Gasteiger partial charge in [0.05, 0.1) is 0 Å². The van der Waals surface area contributed by atoms with Gasteiger partial charge < -0.3 is 6.42 Å². The molecule has 55 valence electrons. The van der Waals surface area contributed by atoms with Gasteiger partial charge in [0.1, 0.15) is 0 Å². The fourth-order valence-electron chi connectivity index (χ4n) is 1.60. The zero-order valence-electron chi connectivity index (χ0n) is 6.75. The van der Waals surface area contributed by atoms with Gasteiger partial charge in [0.25, 0.3) is 0 Å². The van der Waals surface area contributed by atoms with Crippen molar-refractivity contribution in [1.82, 2.24) is 0 Å². The summed E-state index contributed by atoms with van der Waals surface area (Å²) < 4.78 is 0. The average molecular weight is 220 g/mol. The topological polar surface area (TPSA) is 0 Å². The van der Waals surface area contributed by atoms with Crippen molar-refractivity contribution in [2.45, 2.75) is 19.3 Å². The van der Waals surface area contributed by atoms with Crippen LogP contribution in [0.5, 0.6) is 0 Å².